The lowest BCUT2D eigenvalue weighted by molar-refractivity contribution is 0.0919. The number of carbonyl (C=O) groups is 1. The third kappa shape index (κ3) is 6.15. The summed E-state index contributed by atoms with van der Waals surface area (Å²) in [7, 11) is 0. The summed E-state index contributed by atoms with van der Waals surface area (Å²) in [6.07, 6.45) is 2.07. The van der Waals surface area contributed by atoms with E-state index < -0.39 is 0 Å². The molecule has 0 aromatic heterocycles. The number of nitrogens with one attached hydrogen (secondary N) is 2. The third-order valence-corrected chi connectivity index (χ3v) is 6.18. The van der Waals surface area contributed by atoms with Gasteiger partial charge in [-0.05, 0) is 81.6 Å². The molecule has 2 N–H and O–H groups in total. The van der Waals surface area contributed by atoms with Crippen LogP contribution in [-0.4, -0.2) is 24.5 Å². The van der Waals surface area contributed by atoms with Gasteiger partial charge in [0.05, 0.1) is 5.02 Å². The number of benzene rings is 2. The van der Waals surface area contributed by atoms with Crippen LogP contribution < -0.4 is 10.6 Å². The molecular formula is C22H28Cl2N2OS. The SMILES string of the molecule is CC(C)(C)NC(=O)c1ccc(CSc2c(Cl)ccc3c2CCNCC3)cc1.Cl. The molecule has 2 aromatic carbocycles. The first-order valence-electron chi connectivity index (χ1n) is 9.39. The summed E-state index contributed by atoms with van der Waals surface area (Å²) in [5.41, 5.74) is 4.44. The maximum atomic E-state index is 12.2. The van der Waals surface area contributed by atoms with Crippen LogP contribution in [0.4, 0.5) is 0 Å². The lowest BCUT2D eigenvalue weighted by Crippen LogP contribution is -2.40. The smallest absolute Gasteiger partial charge is 0.251 e. The molecule has 0 fully saturated rings. The fourth-order valence-electron chi connectivity index (χ4n) is 3.19. The monoisotopic (exact) mass is 438 g/mol. The fraction of sp³-hybridized carbons (Fsp3) is 0.409. The summed E-state index contributed by atoms with van der Waals surface area (Å²) < 4.78 is 0. The maximum Gasteiger partial charge on any atom is 0.251 e. The van der Waals surface area contributed by atoms with Gasteiger partial charge in [0.1, 0.15) is 0 Å². The lowest BCUT2D eigenvalue weighted by atomic mass is 10.0. The predicted molar refractivity (Wildman–Crippen MR) is 122 cm³/mol. The highest BCUT2D eigenvalue weighted by Crippen LogP contribution is 2.36. The molecular weight excluding hydrogens is 411 g/mol. The predicted octanol–water partition coefficient (Wildman–Crippen LogP) is 5.27. The molecule has 0 bridgehead atoms. The molecule has 152 valence electrons. The zero-order valence-electron chi connectivity index (χ0n) is 16.6. The summed E-state index contributed by atoms with van der Waals surface area (Å²) in [6, 6.07) is 12.0. The van der Waals surface area contributed by atoms with Crippen molar-refractivity contribution in [3.8, 4) is 0 Å². The van der Waals surface area contributed by atoms with Crippen LogP contribution in [0, 0.1) is 0 Å². The zero-order valence-corrected chi connectivity index (χ0v) is 19.0. The third-order valence-electron chi connectivity index (χ3n) is 4.52. The first-order valence-corrected chi connectivity index (χ1v) is 10.7. The van der Waals surface area contributed by atoms with Crippen molar-refractivity contribution in [3.63, 3.8) is 0 Å². The van der Waals surface area contributed by atoms with Crippen molar-refractivity contribution in [2.24, 2.45) is 0 Å². The minimum atomic E-state index is -0.234. The van der Waals surface area contributed by atoms with Gasteiger partial charge in [-0.1, -0.05) is 29.8 Å². The van der Waals surface area contributed by atoms with Gasteiger partial charge in [-0.15, -0.1) is 24.2 Å². The number of rotatable bonds is 4. The second kappa shape index (κ2) is 10.0. The standard InChI is InChI=1S/C22H27ClN2OS.ClH/c1-22(2,3)25-21(26)17-6-4-15(5-7-17)14-27-20-18-11-13-24-12-10-16(18)8-9-19(20)23;/h4-9,24H,10-14H2,1-3H3,(H,25,26);1H. The van der Waals surface area contributed by atoms with E-state index in [1.165, 1.54) is 21.6 Å². The highest BCUT2D eigenvalue weighted by atomic mass is 35.5. The molecule has 1 amide bonds. The van der Waals surface area contributed by atoms with Gasteiger partial charge in [0, 0.05) is 21.8 Å². The van der Waals surface area contributed by atoms with E-state index in [-0.39, 0.29) is 23.9 Å². The fourth-order valence-corrected chi connectivity index (χ4v) is 4.64. The molecule has 0 unspecified atom stereocenters. The molecule has 0 aliphatic carbocycles. The molecule has 1 heterocycles. The molecule has 0 saturated heterocycles. The second-order valence-corrected chi connectivity index (χ2v) is 9.35. The van der Waals surface area contributed by atoms with Gasteiger partial charge in [-0.2, -0.15) is 0 Å². The Labute approximate surface area is 183 Å². The van der Waals surface area contributed by atoms with Gasteiger partial charge in [-0.25, -0.2) is 0 Å². The number of thioether (sulfide) groups is 1. The van der Waals surface area contributed by atoms with E-state index in [1.807, 2.05) is 51.1 Å². The largest absolute Gasteiger partial charge is 0.347 e. The minimum absolute atomic E-state index is 0. The Morgan fingerprint density at radius 2 is 1.79 bits per heavy atom. The first-order chi connectivity index (χ1) is 12.8. The minimum Gasteiger partial charge on any atom is -0.347 e. The first kappa shape index (κ1) is 23.1. The van der Waals surface area contributed by atoms with Crippen LogP contribution in [0.2, 0.25) is 5.02 Å². The normalized spacial score (nSPS) is 13.9. The summed E-state index contributed by atoms with van der Waals surface area (Å²) in [6.45, 7) is 7.98. The van der Waals surface area contributed by atoms with E-state index in [0.717, 1.165) is 36.7 Å². The topological polar surface area (TPSA) is 41.1 Å². The average molecular weight is 439 g/mol. The van der Waals surface area contributed by atoms with Gasteiger partial charge in [0.25, 0.3) is 5.91 Å². The Bertz CT molecular complexity index is 817. The van der Waals surface area contributed by atoms with Crippen molar-refractivity contribution in [2.75, 3.05) is 13.1 Å². The average Bonchev–Trinajstić information content (AvgIpc) is 2.85. The van der Waals surface area contributed by atoms with E-state index in [4.69, 9.17) is 11.6 Å². The number of amides is 1. The van der Waals surface area contributed by atoms with Crippen molar-refractivity contribution in [1.82, 2.24) is 10.6 Å². The molecule has 6 heteroatoms. The molecule has 0 radical (unpaired) electrons. The zero-order chi connectivity index (χ0) is 19.4. The molecule has 1 aliphatic heterocycles. The van der Waals surface area contributed by atoms with Crippen LogP contribution in [0.5, 0.6) is 0 Å². The van der Waals surface area contributed by atoms with Gasteiger partial charge in [0.15, 0.2) is 0 Å². The van der Waals surface area contributed by atoms with Crippen molar-refractivity contribution in [3.05, 3.63) is 63.7 Å². The van der Waals surface area contributed by atoms with Crippen LogP contribution >= 0.6 is 35.8 Å². The highest BCUT2D eigenvalue weighted by Gasteiger charge is 2.17. The number of hydrogen-bond acceptors (Lipinski definition) is 3. The van der Waals surface area contributed by atoms with Crippen LogP contribution in [-0.2, 0) is 18.6 Å². The highest BCUT2D eigenvalue weighted by molar-refractivity contribution is 7.98. The molecule has 0 spiro atoms. The van der Waals surface area contributed by atoms with Gasteiger partial charge in [0.2, 0.25) is 0 Å². The van der Waals surface area contributed by atoms with Crippen LogP contribution in [0.1, 0.15) is 47.8 Å². The Kier molecular flexibility index (Phi) is 8.26. The van der Waals surface area contributed by atoms with Crippen molar-refractivity contribution in [1.29, 1.82) is 0 Å². The van der Waals surface area contributed by atoms with Gasteiger partial charge in [-0.3, -0.25) is 4.79 Å². The number of halogens is 2. The van der Waals surface area contributed by atoms with E-state index in [2.05, 4.69) is 16.7 Å². The molecule has 0 saturated carbocycles. The summed E-state index contributed by atoms with van der Waals surface area (Å²) >= 11 is 8.30. The number of fused-ring (bicyclic) bond motifs is 1. The molecule has 2 aromatic rings. The maximum absolute atomic E-state index is 12.2. The van der Waals surface area contributed by atoms with Crippen LogP contribution in [0.25, 0.3) is 0 Å². The Morgan fingerprint density at radius 1 is 1.11 bits per heavy atom. The Hall–Kier alpha value is -1.20. The van der Waals surface area contributed by atoms with Crippen molar-refractivity contribution in [2.45, 2.75) is 49.8 Å². The summed E-state index contributed by atoms with van der Waals surface area (Å²) in [5.74, 6) is 0.802. The van der Waals surface area contributed by atoms with E-state index in [1.54, 1.807) is 11.8 Å². The Balaban J connectivity index is 0.00000280. The van der Waals surface area contributed by atoms with E-state index in [0.29, 0.717) is 5.56 Å². The number of carbonyl (C=O) groups excluding carboxylic acids is 1. The van der Waals surface area contributed by atoms with E-state index >= 15 is 0 Å². The lowest BCUT2D eigenvalue weighted by Gasteiger charge is -2.20. The second-order valence-electron chi connectivity index (χ2n) is 7.95. The summed E-state index contributed by atoms with van der Waals surface area (Å²) in [4.78, 5) is 13.5. The molecule has 3 nitrogen and oxygen atoms in total. The van der Waals surface area contributed by atoms with Crippen LogP contribution in [0.3, 0.4) is 0 Å². The molecule has 28 heavy (non-hydrogen) atoms. The quantitative estimate of drug-likeness (QED) is 0.638. The molecule has 0 atom stereocenters. The number of hydrogen-bond donors (Lipinski definition) is 2. The molecule has 1 aliphatic rings. The van der Waals surface area contributed by atoms with E-state index in [9.17, 15) is 4.79 Å². The van der Waals surface area contributed by atoms with Crippen LogP contribution in [0.15, 0.2) is 41.3 Å². The van der Waals surface area contributed by atoms with Crippen molar-refractivity contribution >= 4 is 41.7 Å². The van der Waals surface area contributed by atoms with Gasteiger partial charge >= 0.3 is 0 Å². The van der Waals surface area contributed by atoms with Gasteiger partial charge < -0.3 is 10.6 Å². The van der Waals surface area contributed by atoms with Crippen molar-refractivity contribution < 1.29 is 4.79 Å². The Morgan fingerprint density at radius 3 is 2.46 bits per heavy atom. The molecule has 3 rings (SSSR count). The summed E-state index contributed by atoms with van der Waals surface area (Å²) in [5, 5.41) is 7.29.